The standard InChI is InChI=1S/C30H50O25/c1-5-9(33)13(37)24(55-27-17(41)12(36)14(38)23(54-27)25(44)45)30(48-5)53-21-10(34)6(2)47-28(18(21)42)52-22-11(35)7(3-31)50-29(19(22)43)51-20-8(4-32)49-26(46)16(40)15(20)39/h5-24,26-43,46H,3-4H2,1-2H3,(H,44,45)/t5-,6-,7+,8+,9-,10-,11+,12-,13+,14-,15+,16+,17+,18+,19+,20+,21+,22-,23-,24+,26?,27-,28-,29-,30-/m0/s1. The molecular weight excluding hydrogens is 760 g/mol. The molecule has 25 heteroatoms. The summed E-state index contributed by atoms with van der Waals surface area (Å²) in [5.41, 5.74) is 0. The molecule has 0 radical (unpaired) electrons. The summed E-state index contributed by atoms with van der Waals surface area (Å²) in [6.45, 7) is 0.833. The normalized spacial score (nSPS) is 53.9. The molecule has 25 nitrogen and oxygen atoms in total. The quantitative estimate of drug-likeness (QED) is 0.0921. The summed E-state index contributed by atoms with van der Waals surface area (Å²) in [4.78, 5) is 11.6. The van der Waals surface area contributed by atoms with Gasteiger partial charge in [-0.25, -0.2) is 4.79 Å². The summed E-state index contributed by atoms with van der Waals surface area (Å²) in [6, 6.07) is 0. The average molecular weight is 811 g/mol. The molecule has 1 unspecified atom stereocenters. The lowest BCUT2D eigenvalue weighted by molar-refractivity contribution is -0.395. The van der Waals surface area contributed by atoms with Crippen molar-refractivity contribution in [2.24, 2.45) is 0 Å². The van der Waals surface area contributed by atoms with Gasteiger partial charge in [-0.3, -0.25) is 0 Å². The molecule has 0 aromatic carbocycles. The van der Waals surface area contributed by atoms with Crippen LogP contribution in [0, 0.1) is 0 Å². The van der Waals surface area contributed by atoms with E-state index in [0.29, 0.717) is 0 Å². The molecule has 320 valence electrons. The topological polar surface area (TPSA) is 404 Å². The Labute approximate surface area is 310 Å². The molecule has 0 amide bonds. The van der Waals surface area contributed by atoms with E-state index in [9.17, 15) is 81.4 Å². The first kappa shape index (κ1) is 44.6. The smallest absolute Gasteiger partial charge is 0.335 e. The molecule has 15 N–H and O–H groups in total. The number of hydrogen-bond donors (Lipinski definition) is 15. The highest BCUT2D eigenvalue weighted by Gasteiger charge is 2.56. The van der Waals surface area contributed by atoms with Gasteiger partial charge in [0.25, 0.3) is 0 Å². The lowest BCUT2D eigenvalue weighted by Gasteiger charge is -2.49. The molecule has 5 saturated heterocycles. The maximum absolute atomic E-state index is 11.6. The Morgan fingerprint density at radius 2 is 0.909 bits per heavy atom. The van der Waals surface area contributed by atoms with Crippen LogP contribution in [0.15, 0.2) is 0 Å². The van der Waals surface area contributed by atoms with Gasteiger partial charge in [-0.2, -0.15) is 0 Å². The summed E-state index contributed by atoms with van der Waals surface area (Å²) >= 11 is 0. The second-order valence-corrected chi connectivity index (χ2v) is 14.0. The summed E-state index contributed by atoms with van der Waals surface area (Å²) in [5.74, 6) is -1.75. The van der Waals surface area contributed by atoms with E-state index < -0.39 is 173 Å². The second-order valence-electron chi connectivity index (χ2n) is 14.0. The van der Waals surface area contributed by atoms with Crippen LogP contribution in [0.5, 0.6) is 0 Å². The fourth-order valence-corrected chi connectivity index (χ4v) is 6.87. The fraction of sp³-hybridized carbons (Fsp3) is 0.967. The number of hydrogen-bond acceptors (Lipinski definition) is 24. The van der Waals surface area contributed by atoms with Gasteiger partial charge in [0.2, 0.25) is 0 Å². The highest BCUT2D eigenvalue weighted by Crippen LogP contribution is 2.36. The summed E-state index contributed by atoms with van der Waals surface area (Å²) in [7, 11) is 0. The molecule has 0 aromatic rings. The van der Waals surface area contributed by atoms with Crippen LogP contribution in [0.25, 0.3) is 0 Å². The first-order valence-electron chi connectivity index (χ1n) is 17.3. The zero-order valence-electron chi connectivity index (χ0n) is 29.1. The molecule has 5 aliphatic rings. The Balaban J connectivity index is 1.34. The minimum atomic E-state index is -2.12. The molecular formula is C30H50O25. The van der Waals surface area contributed by atoms with Crippen LogP contribution in [0.4, 0.5) is 0 Å². The molecule has 5 fully saturated rings. The summed E-state index contributed by atoms with van der Waals surface area (Å²) in [5, 5.41) is 156. The minimum Gasteiger partial charge on any atom is -0.479 e. The highest BCUT2D eigenvalue weighted by atomic mass is 16.8. The molecule has 0 aliphatic carbocycles. The lowest BCUT2D eigenvalue weighted by Crippen LogP contribution is -2.67. The number of aliphatic hydroxyl groups is 14. The van der Waals surface area contributed by atoms with Crippen LogP contribution in [0.3, 0.4) is 0 Å². The van der Waals surface area contributed by atoms with Crippen LogP contribution in [-0.4, -0.2) is 249 Å². The molecule has 0 aromatic heterocycles. The molecule has 5 heterocycles. The number of aliphatic carboxylic acids is 1. The Bertz CT molecular complexity index is 1250. The Morgan fingerprint density at radius 3 is 1.51 bits per heavy atom. The van der Waals surface area contributed by atoms with E-state index in [1.54, 1.807) is 0 Å². The van der Waals surface area contributed by atoms with Crippen molar-refractivity contribution < 1.29 is 124 Å². The maximum atomic E-state index is 11.6. The van der Waals surface area contributed by atoms with Crippen LogP contribution >= 0.6 is 0 Å². The Morgan fingerprint density at radius 1 is 0.436 bits per heavy atom. The van der Waals surface area contributed by atoms with Gasteiger partial charge in [-0.05, 0) is 13.8 Å². The van der Waals surface area contributed by atoms with Crippen LogP contribution in [-0.2, 0) is 47.4 Å². The van der Waals surface area contributed by atoms with Crippen molar-refractivity contribution >= 4 is 5.97 Å². The number of carboxylic acids is 1. The van der Waals surface area contributed by atoms with Gasteiger partial charge in [0.05, 0.1) is 25.4 Å². The number of rotatable bonds is 11. The zero-order valence-corrected chi connectivity index (χ0v) is 29.1. The van der Waals surface area contributed by atoms with E-state index in [2.05, 4.69) is 0 Å². The molecule has 5 rings (SSSR count). The van der Waals surface area contributed by atoms with E-state index in [-0.39, 0.29) is 0 Å². The predicted molar refractivity (Wildman–Crippen MR) is 164 cm³/mol. The van der Waals surface area contributed by atoms with Gasteiger partial charge in [0, 0.05) is 0 Å². The number of ether oxygens (including phenoxy) is 9. The minimum absolute atomic E-state index is 0.850. The third-order valence-corrected chi connectivity index (χ3v) is 10.2. The van der Waals surface area contributed by atoms with Gasteiger partial charge in [-0.15, -0.1) is 0 Å². The van der Waals surface area contributed by atoms with Crippen LogP contribution in [0.1, 0.15) is 13.8 Å². The number of carboxylic acid groups (broad SMARTS) is 1. The SMILES string of the molecule is C[C@@H]1O[C@@H](O[C@@H]2[C@@H](O)[C@H](C)O[C@@H](O[C@@H]3[C@@H](O)[C@H](O[C@H]4[C@H](O)[C@@H](O)C(O)O[C@@H]4CO)O[C@H](CO)[C@H]3O)[C@@H]2O)[C@H](O[C@@H]2O[C@H](C(=O)O)[C@@H](O)[C@H](O)[C@H]2O)[C@H](O)[C@H]1O. The second kappa shape index (κ2) is 18.2. The lowest BCUT2D eigenvalue weighted by atomic mass is 9.95. The van der Waals surface area contributed by atoms with E-state index >= 15 is 0 Å². The van der Waals surface area contributed by atoms with Crippen molar-refractivity contribution in [3.63, 3.8) is 0 Å². The first-order valence-corrected chi connectivity index (χ1v) is 17.3. The Kier molecular flexibility index (Phi) is 14.8. The number of carbonyl (C=O) groups is 1. The fourth-order valence-electron chi connectivity index (χ4n) is 6.87. The monoisotopic (exact) mass is 810 g/mol. The highest BCUT2D eigenvalue weighted by molar-refractivity contribution is 5.73. The molecule has 0 saturated carbocycles. The molecule has 55 heavy (non-hydrogen) atoms. The van der Waals surface area contributed by atoms with Gasteiger partial charge in [0.15, 0.2) is 37.6 Å². The first-order chi connectivity index (χ1) is 25.8. The maximum Gasteiger partial charge on any atom is 0.335 e. The molecule has 25 atom stereocenters. The zero-order chi connectivity index (χ0) is 40.8. The van der Waals surface area contributed by atoms with Crippen LogP contribution in [0.2, 0.25) is 0 Å². The molecule has 0 spiro atoms. The third-order valence-electron chi connectivity index (χ3n) is 10.2. The average Bonchev–Trinajstić information content (AvgIpc) is 3.14. The molecule has 0 bridgehead atoms. The Hall–Kier alpha value is -1.45. The van der Waals surface area contributed by atoms with Crippen molar-refractivity contribution in [2.45, 2.75) is 167 Å². The van der Waals surface area contributed by atoms with Crippen molar-refractivity contribution in [2.75, 3.05) is 13.2 Å². The summed E-state index contributed by atoms with van der Waals surface area (Å²) < 4.78 is 49.6. The van der Waals surface area contributed by atoms with Crippen molar-refractivity contribution in [3.8, 4) is 0 Å². The third kappa shape index (κ3) is 8.94. The largest absolute Gasteiger partial charge is 0.479 e. The van der Waals surface area contributed by atoms with E-state index in [4.69, 9.17) is 42.6 Å². The predicted octanol–water partition coefficient (Wildman–Crippen LogP) is -9.78. The van der Waals surface area contributed by atoms with Gasteiger partial charge in [-0.1, -0.05) is 0 Å². The van der Waals surface area contributed by atoms with Gasteiger partial charge in [0.1, 0.15) is 104 Å². The van der Waals surface area contributed by atoms with Gasteiger partial charge < -0.3 is 119 Å². The van der Waals surface area contributed by atoms with E-state index in [1.165, 1.54) is 13.8 Å². The van der Waals surface area contributed by atoms with Crippen molar-refractivity contribution in [1.29, 1.82) is 0 Å². The van der Waals surface area contributed by atoms with E-state index in [1.807, 2.05) is 0 Å². The molecule has 5 aliphatic heterocycles. The van der Waals surface area contributed by atoms with Crippen molar-refractivity contribution in [1.82, 2.24) is 0 Å². The van der Waals surface area contributed by atoms with Crippen LogP contribution < -0.4 is 0 Å². The van der Waals surface area contributed by atoms with Crippen molar-refractivity contribution in [3.05, 3.63) is 0 Å². The van der Waals surface area contributed by atoms with E-state index in [0.717, 1.165) is 0 Å². The summed E-state index contributed by atoms with van der Waals surface area (Å²) in [6.07, 6.45) is -46.2. The van der Waals surface area contributed by atoms with Gasteiger partial charge >= 0.3 is 5.97 Å². The number of aliphatic hydroxyl groups excluding tert-OH is 14.